The number of fused-ring (bicyclic) bond motifs is 1. The van der Waals surface area contributed by atoms with Gasteiger partial charge in [-0.3, -0.25) is 14.3 Å². The van der Waals surface area contributed by atoms with Gasteiger partial charge in [0.2, 0.25) is 0 Å². The molecule has 2 aromatic heterocycles. The second-order valence-corrected chi connectivity index (χ2v) is 5.96. The fraction of sp³-hybridized carbons (Fsp3) is 0.235. The summed E-state index contributed by atoms with van der Waals surface area (Å²) in [5, 5.41) is 1.45. The Bertz CT molecular complexity index is 830. The molecule has 0 spiro atoms. The van der Waals surface area contributed by atoms with Crippen molar-refractivity contribution >= 4 is 22.7 Å². The molecule has 0 aliphatic heterocycles. The molecule has 0 N–H and O–H groups in total. The van der Waals surface area contributed by atoms with Crippen molar-refractivity contribution in [3.63, 3.8) is 0 Å². The van der Waals surface area contributed by atoms with Crippen LogP contribution in [-0.4, -0.2) is 14.5 Å². The third-order valence-corrected chi connectivity index (χ3v) is 4.41. The van der Waals surface area contributed by atoms with Crippen LogP contribution in [0, 0.1) is 0 Å². The molecule has 0 saturated heterocycles. The third kappa shape index (κ3) is 3.04. The van der Waals surface area contributed by atoms with Gasteiger partial charge in [0.1, 0.15) is 0 Å². The summed E-state index contributed by atoms with van der Waals surface area (Å²) >= 11 is 1.58. The molecule has 0 atom stereocenters. The van der Waals surface area contributed by atoms with Gasteiger partial charge < -0.3 is 0 Å². The summed E-state index contributed by atoms with van der Waals surface area (Å²) in [6, 6.07) is 11.5. The highest BCUT2D eigenvalue weighted by atomic mass is 32.2. The number of thioether (sulfide) groups is 1. The number of hydrogen-bond acceptors (Lipinski definition) is 4. The number of aromatic nitrogens is 3. The number of nitrogens with zero attached hydrogens (tertiary/aromatic N) is 3. The molecule has 3 aromatic rings. The van der Waals surface area contributed by atoms with Gasteiger partial charge in [-0.25, -0.2) is 4.98 Å². The predicted molar refractivity (Wildman–Crippen MR) is 90.1 cm³/mol. The monoisotopic (exact) mass is 311 g/mol. The zero-order valence-corrected chi connectivity index (χ0v) is 13.2. The Balaban J connectivity index is 2.00. The van der Waals surface area contributed by atoms with Crippen molar-refractivity contribution in [2.75, 3.05) is 0 Å². The molecule has 1 aromatic carbocycles. The van der Waals surface area contributed by atoms with Crippen molar-refractivity contribution in [1.82, 2.24) is 14.5 Å². The van der Waals surface area contributed by atoms with Crippen LogP contribution in [0.2, 0.25) is 0 Å². The lowest BCUT2D eigenvalue weighted by atomic mass is 10.2. The van der Waals surface area contributed by atoms with Gasteiger partial charge >= 0.3 is 0 Å². The highest BCUT2D eigenvalue weighted by Gasteiger charge is 2.10. The second kappa shape index (κ2) is 6.75. The van der Waals surface area contributed by atoms with Crippen LogP contribution in [-0.2, 0) is 12.3 Å². The number of hydrogen-bond donors (Lipinski definition) is 0. The highest BCUT2D eigenvalue weighted by Crippen LogP contribution is 2.21. The molecule has 4 nitrogen and oxygen atoms in total. The summed E-state index contributed by atoms with van der Waals surface area (Å²) in [4.78, 5) is 21.4. The minimum absolute atomic E-state index is 0.0427. The molecule has 3 rings (SSSR count). The Morgan fingerprint density at radius 2 is 2.05 bits per heavy atom. The Morgan fingerprint density at radius 3 is 2.82 bits per heavy atom. The van der Waals surface area contributed by atoms with E-state index in [9.17, 15) is 4.79 Å². The predicted octanol–water partition coefficient (Wildman–Crippen LogP) is 3.49. The van der Waals surface area contributed by atoms with Crippen LogP contribution in [0.3, 0.4) is 0 Å². The Morgan fingerprint density at radius 1 is 1.18 bits per heavy atom. The third-order valence-electron chi connectivity index (χ3n) is 3.36. The van der Waals surface area contributed by atoms with E-state index in [4.69, 9.17) is 0 Å². The van der Waals surface area contributed by atoms with Crippen molar-refractivity contribution in [1.29, 1.82) is 0 Å². The smallest absolute Gasteiger partial charge is 0.262 e. The summed E-state index contributed by atoms with van der Waals surface area (Å²) in [7, 11) is 0. The molecule has 0 aliphatic carbocycles. The average molecular weight is 311 g/mol. The van der Waals surface area contributed by atoms with Crippen LogP contribution < -0.4 is 5.56 Å². The zero-order valence-electron chi connectivity index (χ0n) is 12.4. The second-order valence-electron chi connectivity index (χ2n) is 5.02. The van der Waals surface area contributed by atoms with Crippen molar-refractivity contribution in [2.45, 2.75) is 30.8 Å². The van der Waals surface area contributed by atoms with E-state index in [2.05, 4.69) is 16.9 Å². The van der Waals surface area contributed by atoms with E-state index in [1.165, 1.54) is 0 Å². The van der Waals surface area contributed by atoms with E-state index in [0.29, 0.717) is 11.9 Å². The minimum atomic E-state index is 0.0427. The van der Waals surface area contributed by atoms with E-state index in [-0.39, 0.29) is 5.56 Å². The lowest BCUT2D eigenvalue weighted by molar-refractivity contribution is 0.584. The van der Waals surface area contributed by atoms with Gasteiger partial charge in [-0.15, -0.1) is 0 Å². The van der Waals surface area contributed by atoms with Crippen LogP contribution in [0.5, 0.6) is 0 Å². The standard InChI is InChI=1S/C17H17N3OS/c1-2-10-20-16(21)14-7-3-4-8-15(14)19-17(20)22-12-13-6-5-9-18-11-13/h3-9,11H,2,10,12H2,1H3. The fourth-order valence-corrected chi connectivity index (χ4v) is 3.27. The minimum Gasteiger partial charge on any atom is -0.287 e. The number of para-hydroxylation sites is 1. The molecule has 22 heavy (non-hydrogen) atoms. The normalized spacial score (nSPS) is 11.0. The maximum atomic E-state index is 12.6. The lowest BCUT2D eigenvalue weighted by Crippen LogP contribution is -2.23. The van der Waals surface area contributed by atoms with E-state index >= 15 is 0 Å². The summed E-state index contributed by atoms with van der Waals surface area (Å²) in [6.07, 6.45) is 4.51. The maximum Gasteiger partial charge on any atom is 0.262 e. The molecule has 0 saturated carbocycles. The summed E-state index contributed by atoms with van der Waals surface area (Å²) in [5.74, 6) is 0.752. The molecule has 0 bridgehead atoms. The van der Waals surface area contributed by atoms with Crippen LogP contribution >= 0.6 is 11.8 Å². The van der Waals surface area contributed by atoms with Crippen molar-refractivity contribution in [3.05, 3.63) is 64.7 Å². The molecule has 112 valence electrons. The molecular weight excluding hydrogens is 294 g/mol. The molecule has 0 aliphatic rings. The average Bonchev–Trinajstić information content (AvgIpc) is 2.57. The fourth-order valence-electron chi connectivity index (χ4n) is 2.31. The van der Waals surface area contributed by atoms with E-state index in [1.54, 1.807) is 22.5 Å². The van der Waals surface area contributed by atoms with Gasteiger partial charge in [0.25, 0.3) is 5.56 Å². The first-order chi connectivity index (χ1) is 10.8. The molecule has 0 radical (unpaired) electrons. The Hall–Kier alpha value is -2.14. The van der Waals surface area contributed by atoms with Crippen LogP contribution in [0.15, 0.2) is 58.7 Å². The van der Waals surface area contributed by atoms with Crippen LogP contribution in [0.25, 0.3) is 10.9 Å². The van der Waals surface area contributed by atoms with Crippen LogP contribution in [0.4, 0.5) is 0 Å². The van der Waals surface area contributed by atoms with Crippen LogP contribution in [0.1, 0.15) is 18.9 Å². The number of rotatable bonds is 5. The summed E-state index contributed by atoms with van der Waals surface area (Å²) in [5.41, 5.74) is 1.92. The van der Waals surface area contributed by atoms with E-state index in [0.717, 1.165) is 28.4 Å². The van der Waals surface area contributed by atoms with E-state index < -0.39 is 0 Å². The van der Waals surface area contributed by atoms with Gasteiger partial charge in [0.15, 0.2) is 5.16 Å². The number of benzene rings is 1. The van der Waals surface area contributed by atoms with Gasteiger partial charge in [-0.05, 0) is 30.2 Å². The van der Waals surface area contributed by atoms with Gasteiger partial charge in [0.05, 0.1) is 10.9 Å². The van der Waals surface area contributed by atoms with E-state index in [1.807, 2.05) is 42.6 Å². The van der Waals surface area contributed by atoms with Gasteiger partial charge in [-0.1, -0.05) is 36.9 Å². The summed E-state index contributed by atoms with van der Waals surface area (Å²) in [6.45, 7) is 2.75. The first-order valence-electron chi connectivity index (χ1n) is 7.31. The largest absolute Gasteiger partial charge is 0.287 e. The first kappa shape index (κ1) is 14.8. The molecule has 2 heterocycles. The van der Waals surface area contributed by atoms with Gasteiger partial charge in [0, 0.05) is 24.7 Å². The molecule has 5 heteroatoms. The van der Waals surface area contributed by atoms with Crippen molar-refractivity contribution in [3.8, 4) is 0 Å². The van der Waals surface area contributed by atoms with Gasteiger partial charge in [-0.2, -0.15) is 0 Å². The highest BCUT2D eigenvalue weighted by molar-refractivity contribution is 7.98. The molecule has 0 fully saturated rings. The zero-order chi connectivity index (χ0) is 15.4. The molecule has 0 unspecified atom stereocenters. The Kier molecular flexibility index (Phi) is 4.53. The lowest BCUT2D eigenvalue weighted by Gasteiger charge is -2.12. The van der Waals surface area contributed by atoms with Crippen molar-refractivity contribution < 1.29 is 0 Å². The SMILES string of the molecule is CCCn1c(SCc2cccnc2)nc2ccccc2c1=O. The maximum absolute atomic E-state index is 12.6. The van der Waals surface area contributed by atoms with Crippen molar-refractivity contribution in [2.24, 2.45) is 0 Å². The summed E-state index contributed by atoms with van der Waals surface area (Å²) < 4.78 is 1.78. The molecule has 0 amide bonds. The first-order valence-corrected chi connectivity index (χ1v) is 8.29. The topological polar surface area (TPSA) is 47.8 Å². The quantitative estimate of drug-likeness (QED) is 0.534. The Labute approximate surface area is 133 Å². The molecular formula is C17H17N3OS. The number of pyridine rings is 1.